The van der Waals surface area contributed by atoms with Crippen LogP contribution in [0, 0.1) is 0 Å². The molecular formula is C15H28O7P2. The number of phosphoric acid groups is 2. The molecule has 0 radical (unpaired) electrons. The Morgan fingerprint density at radius 3 is 2.08 bits per heavy atom. The van der Waals surface area contributed by atoms with Crippen molar-refractivity contribution >= 4 is 15.6 Å². The van der Waals surface area contributed by atoms with Gasteiger partial charge in [0.25, 0.3) is 0 Å². The first-order valence-electron chi connectivity index (χ1n) is 7.99. The molecule has 2 unspecified atom stereocenters. The van der Waals surface area contributed by atoms with Crippen molar-refractivity contribution in [1.29, 1.82) is 1.43 Å². The maximum Gasteiger partial charge on any atom is 0.481 e. The minimum Gasteiger partial charge on any atom is -0.302 e. The van der Waals surface area contributed by atoms with Crippen LogP contribution >= 0.6 is 15.6 Å². The van der Waals surface area contributed by atoms with Gasteiger partial charge in [0.2, 0.25) is 1.43 Å². The molecule has 7 nitrogen and oxygen atoms in total. The normalized spacial score (nSPS) is 18.5. The third kappa shape index (κ3) is 15.0. The van der Waals surface area contributed by atoms with Gasteiger partial charge in [-0.3, -0.25) is 4.52 Å². The van der Waals surface area contributed by atoms with E-state index in [2.05, 4.69) is 46.7 Å². The van der Waals surface area contributed by atoms with Crippen LogP contribution < -0.4 is 0 Å². The van der Waals surface area contributed by atoms with Gasteiger partial charge in [-0.2, -0.15) is 4.31 Å². The van der Waals surface area contributed by atoms with E-state index in [0.717, 1.165) is 31.3 Å². The summed E-state index contributed by atoms with van der Waals surface area (Å²) in [6, 6.07) is 0. The smallest absolute Gasteiger partial charge is 0.302 e. The van der Waals surface area contributed by atoms with E-state index >= 15 is 0 Å². The van der Waals surface area contributed by atoms with Gasteiger partial charge in [0, 0.05) is 0 Å². The van der Waals surface area contributed by atoms with E-state index in [1.807, 2.05) is 6.92 Å². The molecule has 0 aromatic heterocycles. The zero-order valence-corrected chi connectivity index (χ0v) is 16.4. The van der Waals surface area contributed by atoms with Crippen molar-refractivity contribution in [2.45, 2.75) is 53.4 Å². The molecule has 0 saturated heterocycles. The molecule has 0 amide bonds. The highest BCUT2D eigenvalue weighted by Gasteiger charge is 2.31. The van der Waals surface area contributed by atoms with Crippen LogP contribution in [0.15, 0.2) is 34.9 Å². The monoisotopic (exact) mass is 384 g/mol. The van der Waals surface area contributed by atoms with Gasteiger partial charge in [0.15, 0.2) is 0 Å². The summed E-state index contributed by atoms with van der Waals surface area (Å²) in [6.45, 7) is 7.82. The first kappa shape index (κ1) is 21.5. The average molecular weight is 384 g/mol. The van der Waals surface area contributed by atoms with Crippen molar-refractivity contribution < 1.29 is 32.6 Å². The van der Waals surface area contributed by atoms with Gasteiger partial charge in [-0.25, -0.2) is 9.13 Å². The molecule has 0 aliphatic carbocycles. The summed E-state index contributed by atoms with van der Waals surface area (Å²) in [5.41, 5.74) is 3.56. The lowest BCUT2D eigenvalue weighted by Gasteiger charge is -2.11. The van der Waals surface area contributed by atoms with E-state index in [9.17, 15) is 14.0 Å². The topological polar surface area (TPSA) is 113 Å². The zero-order chi connectivity index (χ0) is 19.5. The first-order chi connectivity index (χ1) is 11.5. The van der Waals surface area contributed by atoms with Crippen molar-refractivity contribution in [3.63, 3.8) is 0 Å². The van der Waals surface area contributed by atoms with Gasteiger partial charge >= 0.3 is 15.6 Å². The number of hydrogen-bond donors (Lipinski definition) is 3. The van der Waals surface area contributed by atoms with Crippen LogP contribution in [0.1, 0.15) is 53.4 Å². The van der Waals surface area contributed by atoms with Crippen molar-refractivity contribution in [1.82, 2.24) is 0 Å². The number of hydrogen-bond acceptors (Lipinski definition) is 5. The Balaban J connectivity index is 4.23. The summed E-state index contributed by atoms with van der Waals surface area (Å²) in [7, 11) is -9.68. The predicted molar refractivity (Wildman–Crippen MR) is 94.3 cm³/mol. The minimum absolute atomic E-state index is 0.263. The van der Waals surface area contributed by atoms with Crippen molar-refractivity contribution in [3.8, 4) is 0 Å². The second kappa shape index (κ2) is 11.2. The highest BCUT2D eigenvalue weighted by atomic mass is 31.3. The summed E-state index contributed by atoms with van der Waals surface area (Å²) < 4.78 is 37.0. The lowest BCUT2D eigenvalue weighted by molar-refractivity contribution is 0.191. The summed E-state index contributed by atoms with van der Waals surface area (Å²) in [4.78, 5) is 21.4. The molecule has 0 fully saturated rings. The van der Waals surface area contributed by atoms with Gasteiger partial charge in [-0.1, -0.05) is 34.9 Å². The number of allylic oxidation sites excluding steroid dienone is 5. The lowest BCUT2D eigenvalue weighted by Crippen LogP contribution is -1.94. The fraction of sp³-hybridized carbons (Fsp3) is 0.600. The van der Waals surface area contributed by atoms with Gasteiger partial charge in [0.05, 0.1) is 6.61 Å². The second-order valence-corrected chi connectivity index (χ2v) is 8.56. The fourth-order valence-electron chi connectivity index (χ4n) is 1.77. The molecule has 0 heterocycles. The van der Waals surface area contributed by atoms with Crippen molar-refractivity contribution in [2.24, 2.45) is 0 Å². The minimum atomic E-state index is -4.91. The van der Waals surface area contributed by atoms with Crippen LogP contribution in [0.5, 0.6) is 0 Å². The molecule has 0 rings (SSSR count). The quantitative estimate of drug-likeness (QED) is 0.332. The van der Waals surface area contributed by atoms with Crippen molar-refractivity contribution in [3.05, 3.63) is 34.9 Å². The molecule has 0 aliphatic rings. The largest absolute Gasteiger partial charge is 0.481 e. The van der Waals surface area contributed by atoms with Gasteiger partial charge in [-0.15, -0.1) is 0 Å². The van der Waals surface area contributed by atoms with E-state index < -0.39 is 15.6 Å². The second-order valence-electron chi connectivity index (χ2n) is 5.77. The molecule has 0 aliphatic heterocycles. The highest BCUT2D eigenvalue weighted by Crippen LogP contribution is 2.57. The van der Waals surface area contributed by atoms with Crippen LogP contribution in [0.2, 0.25) is 0 Å². The van der Waals surface area contributed by atoms with Crippen LogP contribution in [0.4, 0.5) is 0 Å². The number of phosphoric ester groups is 1. The first-order valence-corrected chi connectivity index (χ1v) is 10.6. The maximum atomic E-state index is 11.4. The molecule has 0 saturated carbocycles. The Labute approximate surface area is 145 Å². The molecule has 0 aromatic carbocycles. The Morgan fingerprint density at radius 1 is 1.00 bits per heavy atom. The fourth-order valence-corrected chi connectivity index (χ4v) is 3.26. The number of rotatable bonds is 12. The molecule has 0 spiro atoms. The standard InChI is InChI=1S/C15H28O7P2/c1-13(2)7-5-8-14(3)9-6-10-15(4)11-12-21-24(19,20)22-23(16,17)18/h7,9,11H,5-6,8,10,12H2,1-4H3,(H,19,20)(H2,16,17,18)/i/hT. The molecule has 0 aromatic rings. The molecule has 3 N–H and O–H groups in total. The highest BCUT2D eigenvalue weighted by molar-refractivity contribution is 7.60. The summed E-state index contributed by atoms with van der Waals surface area (Å²) in [5.74, 6) is 0. The van der Waals surface area contributed by atoms with E-state index in [4.69, 9.17) is 6.32 Å². The maximum absolute atomic E-state index is 11.4. The lowest BCUT2D eigenvalue weighted by atomic mass is 10.1. The van der Waals surface area contributed by atoms with Crippen LogP contribution in [-0.2, 0) is 18.0 Å². The Kier molecular flexibility index (Phi) is 10.0. The third-order valence-corrected chi connectivity index (χ3v) is 5.12. The molecule has 140 valence electrons. The third-order valence-electron chi connectivity index (χ3n) is 3.00. The SMILES string of the molecule is [3H]OP(=O)(O)OP(=O)(O)OCC=C(C)CCC=C(C)CCC=C(C)C. The Hall–Kier alpha value is -0.520. The molecule has 9 heteroatoms. The summed E-state index contributed by atoms with van der Waals surface area (Å²) in [5, 5.41) is 0. The Morgan fingerprint density at radius 2 is 1.54 bits per heavy atom. The zero-order valence-electron chi connectivity index (χ0n) is 15.6. The van der Waals surface area contributed by atoms with E-state index in [1.165, 1.54) is 11.1 Å². The molecule has 2 atom stereocenters. The van der Waals surface area contributed by atoms with E-state index in [0.29, 0.717) is 0 Å². The van der Waals surface area contributed by atoms with Gasteiger partial charge < -0.3 is 14.7 Å². The predicted octanol–water partition coefficient (Wildman–Crippen LogP) is 4.63. The average Bonchev–Trinajstić information content (AvgIpc) is 2.45. The summed E-state index contributed by atoms with van der Waals surface area (Å²) in [6.07, 6.45) is 9.58. The molecular weight excluding hydrogens is 354 g/mol. The van der Waals surface area contributed by atoms with Crippen LogP contribution in [0.3, 0.4) is 0 Å². The van der Waals surface area contributed by atoms with E-state index in [1.54, 1.807) is 6.08 Å². The van der Waals surface area contributed by atoms with Gasteiger partial charge in [-0.05, 0) is 53.4 Å². The molecule has 24 heavy (non-hydrogen) atoms. The van der Waals surface area contributed by atoms with E-state index in [-0.39, 0.29) is 6.61 Å². The van der Waals surface area contributed by atoms with Gasteiger partial charge in [0.1, 0.15) is 0 Å². The van der Waals surface area contributed by atoms with Crippen LogP contribution in [-0.4, -0.2) is 22.7 Å². The molecule has 0 bridgehead atoms. The van der Waals surface area contributed by atoms with Crippen molar-refractivity contribution in [2.75, 3.05) is 6.61 Å². The Bertz CT molecular complexity index is 595. The summed E-state index contributed by atoms with van der Waals surface area (Å²) >= 11 is 0. The van der Waals surface area contributed by atoms with Crippen LogP contribution in [0.25, 0.3) is 0 Å².